The maximum atomic E-state index is 13.1. The number of rotatable bonds is 9. The van der Waals surface area contributed by atoms with E-state index in [-0.39, 0.29) is 12.5 Å². The molecule has 30 heavy (non-hydrogen) atoms. The van der Waals surface area contributed by atoms with E-state index >= 15 is 0 Å². The smallest absolute Gasteiger partial charge is 0.244 e. The van der Waals surface area contributed by atoms with E-state index in [2.05, 4.69) is 5.32 Å². The average Bonchev–Trinajstić information content (AvgIpc) is 2.70. The lowest BCUT2D eigenvalue weighted by molar-refractivity contribution is -0.122. The van der Waals surface area contributed by atoms with Gasteiger partial charge < -0.3 is 14.8 Å². The number of anilines is 1. The van der Waals surface area contributed by atoms with E-state index in [1.54, 1.807) is 44.4 Å². The maximum Gasteiger partial charge on any atom is 0.244 e. The molecule has 0 saturated heterocycles. The second-order valence-electron chi connectivity index (χ2n) is 6.81. The molecule has 2 rings (SSSR count). The van der Waals surface area contributed by atoms with Crippen molar-refractivity contribution in [2.45, 2.75) is 32.4 Å². The van der Waals surface area contributed by atoms with Gasteiger partial charge in [-0.2, -0.15) is 0 Å². The molecule has 0 aromatic heterocycles. The Hall–Kier alpha value is -2.45. The zero-order valence-corrected chi connectivity index (χ0v) is 19.3. The summed E-state index contributed by atoms with van der Waals surface area (Å²) in [5.41, 5.74) is 1.13. The molecule has 0 spiro atoms. The molecule has 0 aliphatic rings. The lowest BCUT2D eigenvalue weighted by atomic mass is 10.1. The van der Waals surface area contributed by atoms with Gasteiger partial charge in [-0.1, -0.05) is 30.7 Å². The van der Waals surface area contributed by atoms with Gasteiger partial charge in [-0.05, 0) is 49.2 Å². The van der Waals surface area contributed by atoms with Crippen LogP contribution >= 0.6 is 11.6 Å². The van der Waals surface area contributed by atoms with Crippen LogP contribution in [0.5, 0.6) is 11.5 Å². The van der Waals surface area contributed by atoms with Crippen LogP contribution in [0.4, 0.5) is 5.69 Å². The van der Waals surface area contributed by atoms with Crippen molar-refractivity contribution in [1.82, 2.24) is 5.32 Å². The molecule has 2 unspecified atom stereocenters. The number of carbonyl (C=O) groups excluding carboxylic acids is 1. The highest BCUT2D eigenvalue weighted by Crippen LogP contribution is 2.30. The Morgan fingerprint density at radius 2 is 1.80 bits per heavy atom. The third-order valence-electron chi connectivity index (χ3n) is 4.66. The van der Waals surface area contributed by atoms with E-state index in [1.165, 1.54) is 13.2 Å². The second-order valence-corrected chi connectivity index (χ2v) is 9.10. The van der Waals surface area contributed by atoms with Crippen molar-refractivity contribution in [3.63, 3.8) is 0 Å². The summed E-state index contributed by atoms with van der Waals surface area (Å²) in [5.74, 6) is 0.709. The summed E-state index contributed by atoms with van der Waals surface area (Å²) in [4.78, 5) is 13.1. The zero-order chi connectivity index (χ0) is 22.5. The minimum atomic E-state index is -3.73. The standard InChI is InChI=1S/C21H27ClN2O5S/c1-6-18(24(30(5,26)27)17-9-7-8-16(22)13-17)21(25)23-14(2)15-10-11-19(28-3)20(12-15)29-4/h7-14,18H,6H2,1-5H3,(H,23,25). The Bertz CT molecular complexity index is 997. The molecule has 1 N–H and O–H groups in total. The average molecular weight is 455 g/mol. The molecule has 9 heteroatoms. The molecule has 0 heterocycles. The SMILES string of the molecule is CCC(C(=O)NC(C)c1ccc(OC)c(OC)c1)N(c1cccc(Cl)c1)S(C)(=O)=O. The summed E-state index contributed by atoms with van der Waals surface area (Å²) < 4.78 is 36.7. The highest BCUT2D eigenvalue weighted by atomic mass is 35.5. The predicted molar refractivity (Wildman–Crippen MR) is 119 cm³/mol. The molecule has 0 fully saturated rings. The summed E-state index contributed by atoms with van der Waals surface area (Å²) in [5, 5.41) is 3.28. The van der Waals surface area contributed by atoms with Gasteiger partial charge in [0.2, 0.25) is 15.9 Å². The van der Waals surface area contributed by atoms with Gasteiger partial charge in [0.15, 0.2) is 11.5 Å². The molecular weight excluding hydrogens is 428 g/mol. The van der Waals surface area contributed by atoms with Gasteiger partial charge in [-0.3, -0.25) is 9.10 Å². The number of benzene rings is 2. The van der Waals surface area contributed by atoms with Crippen LogP contribution in [-0.4, -0.2) is 40.8 Å². The van der Waals surface area contributed by atoms with Crippen LogP contribution in [0.3, 0.4) is 0 Å². The van der Waals surface area contributed by atoms with Gasteiger partial charge in [0.25, 0.3) is 0 Å². The van der Waals surface area contributed by atoms with Crippen LogP contribution in [0.2, 0.25) is 5.02 Å². The summed E-state index contributed by atoms with van der Waals surface area (Å²) in [7, 11) is -0.653. The summed E-state index contributed by atoms with van der Waals surface area (Å²) in [6.45, 7) is 3.57. The van der Waals surface area contributed by atoms with Crippen molar-refractivity contribution in [2.75, 3.05) is 24.8 Å². The fraction of sp³-hybridized carbons (Fsp3) is 0.381. The Morgan fingerprint density at radius 3 is 2.33 bits per heavy atom. The lowest BCUT2D eigenvalue weighted by Gasteiger charge is -2.31. The van der Waals surface area contributed by atoms with E-state index in [1.807, 2.05) is 13.0 Å². The molecule has 0 aliphatic carbocycles. The topological polar surface area (TPSA) is 84.9 Å². The van der Waals surface area contributed by atoms with E-state index in [0.29, 0.717) is 22.2 Å². The van der Waals surface area contributed by atoms with E-state index < -0.39 is 22.0 Å². The molecule has 0 bridgehead atoms. The molecule has 0 aliphatic heterocycles. The van der Waals surface area contributed by atoms with Crippen molar-refractivity contribution in [3.05, 3.63) is 53.1 Å². The molecule has 0 saturated carbocycles. The van der Waals surface area contributed by atoms with E-state index in [4.69, 9.17) is 21.1 Å². The quantitative estimate of drug-likeness (QED) is 0.623. The summed E-state index contributed by atoms with van der Waals surface area (Å²) in [6, 6.07) is 10.5. The summed E-state index contributed by atoms with van der Waals surface area (Å²) in [6.07, 6.45) is 1.35. The second kappa shape index (κ2) is 10.0. The molecule has 2 aromatic rings. The third-order valence-corrected chi connectivity index (χ3v) is 6.07. The van der Waals surface area contributed by atoms with Gasteiger partial charge in [-0.15, -0.1) is 0 Å². The normalized spacial score (nSPS) is 13.3. The number of methoxy groups -OCH3 is 2. The number of carbonyl (C=O) groups is 1. The highest BCUT2D eigenvalue weighted by Gasteiger charge is 2.32. The van der Waals surface area contributed by atoms with Gasteiger partial charge in [0.1, 0.15) is 6.04 Å². The Labute approximate surface area is 183 Å². The first-order valence-electron chi connectivity index (χ1n) is 9.39. The Kier molecular flexibility index (Phi) is 7.97. The van der Waals surface area contributed by atoms with Crippen LogP contribution in [0.25, 0.3) is 0 Å². The molecule has 164 valence electrons. The van der Waals surface area contributed by atoms with Gasteiger partial charge in [-0.25, -0.2) is 8.42 Å². The van der Waals surface area contributed by atoms with Crippen LogP contribution < -0.4 is 19.1 Å². The van der Waals surface area contributed by atoms with Gasteiger partial charge in [0, 0.05) is 5.02 Å². The first-order valence-corrected chi connectivity index (χ1v) is 11.6. The number of hydrogen-bond acceptors (Lipinski definition) is 5. The van der Waals surface area contributed by atoms with Crippen molar-refractivity contribution < 1.29 is 22.7 Å². The van der Waals surface area contributed by atoms with Crippen molar-refractivity contribution in [1.29, 1.82) is 0 Å². The first kappa shape index (κ1) is 23.8. The third kappa shape index (κ3) is 5.58. The minimum absolute atomic E-state index is 0.282. The molecule has 1 amide bonds. The van der Waals surface area contributed by atoms with E-state index in [9.17, 15) is 13.2 Å². The van der Waals surface area contributed by atoms with Crippen LogP contribution in [-0.2, 0) is 14.8 Å². The van der Waals surface area contributed by atoms with Crippen LogP contribution in [0, 0.1) is 0 Å². The lowest BCUT2D eigenvalue weighted by Crippen LogP contribution is -2.49. The van der Waals surface area contributed by atoms with Crippen molar-refractivity contribution in [3.8, 4) is 11.5 Å². The van der Waals surface area contributed by atoms with Crippen LogP contribution in [0.1, 0.15) is 31.9 Å². The number of amides is 1. The fourth-order valence-electron chi connectivity index (χ4n) is 3.19. The maximum absolute atomic E-state index is 13.1. The predicted octanol–water partition coefficient (Wildman–Crippen LogP) is 3.78. The monoisotopic (exact) mass is 454 g/mol. The fourth-order valence-corrected chi connectivity index (χ4v) is 4.58. The number of sulfonamides is 1. The molecule has 2 aromatic carbocycles. The van der Waals surface area contributed by atoms with Crippen molar-refractivity contribution in [2.24, 2.45) is 0 Å². The molecule has 2 atom stereocenters. The van der Waals surface area contributed by atoms with Crippen LogP contribution in [0.15, 0.2) is 42.5 Å². The van der Waals surface area contributed by atoms with Crippen molar-refractivity contribution >= 4 is 33.2 Å². The molecule has 7 nitrogen and oxygen atoms in total. The largest absolute Gasteiger partial charge is 0.493 e. The number of hydrogen-bond donors (Lipinski definition) is 1. The minimum Gasteiger partial charge on any atom is -0.493 e. The van der Waals surface area contributed by atoms with E-state index in [0.717, 1.165) is 16.1 Å². The number of nitrogens with one attached hydrogen (secondary N) is 1. The zero-order valence-electron chi connectivity index (χ0n) is 17.7. The Morgan fingerprint density at radius 1 is 1.13 bits per heavy atom. The Balaban J connectivity index is 2.32. The highest BCUT2D eigenvalue weighted by molar-refractivity contribution is 7.92. The van der Waals surface area contributed by atoms with Gasteiger partial charge in [0.05, 0.1) is 32.2 Å². The number of ether oxygens (including phenoxy) is 2. The summed E-state index contributed by atoms with van der Waals surface area (Å²) >= 11 is 6.04. The van der Waals surface area contributed by atoms with Gasteiger partial charge >= 0.3 is 0 Å². The molecular formula is C21H27ClN2O5S. The first-order chi connectivity index (χ1) is 14.1. The number of halogens is 1. The number of nitrogens with zero attached hydrogens (tertiary/aromatic N) is 1. The molecule has 0 radical (unpaired) electrons.